The fourth-order valence-corrected chi connectivity index (χ4v) is 2.52. The van der Waals surface area contributed by atoms with Gasteiger partial charge in [0.15, 0.2) is 0 Å². The summed E-state index contributed by atoms with van der Waals surface area (Å²) < 4.78 is 13.6. The van der Waals surface area contributed by atoms with Crippen molar-refractivity contribution in [3.8, 4) is 0 Å². The van der Waals surface area contributed by atoms with Gasteiger partial charge in [-0.1, -0.05) is 18.2 Å². The van der Waals surface area contributed by atoms with E-state index in [0.717, 1.165) is 30.6 Å². The highest BCUT2D eigenvalue weighted by atomic mass is 19.1. The van der Waals surface area contributed by atoms with Crippen molar-refractivity contribution in [2.24, 2.45) is 0 Å². The van der Waals surface area contributed by atoms with Gasteiger partial charge in [0.05, 0.1) is 5.69 Å². The van der Waals surface area contributed by atoms with Gasteiger partial charge in [0.25, 0.3) is 0 Å². The SMILES string of the molecule is Fc1ccccc1C1CC(NCc2ccncn2)C1. The molecular weight excluding hydrogens is 241 g/mol. The molecule has 2 aromatic rings. The van der Waals surface area contributed by atoms with Gasteiger partial charge in [-0.25, -0.2) is 14.4 Å². The third-order valence-electron chi connectivity index (χ3n) is 3.70. The van der Waals surface area contributed by atoms with Crippen molar-refractivity contribution < 1.29 is 4.39 Å². The van der Waals surface area contributed by atoms with Crippen LogP contribution in [0.4, 0.5) is 4.39 Å². The second-order valence-corrected chi connectivity index (χ2v) is 4.97. The Kier molecular flexibility index (Phi) is 3.51. The molecule has 3 nitrogen and oxygen atoms in total. The van der Waals surface area contributed by atoms with Crippen LogP contribution >= 0.6 is 0 Å². The smallest absolute Gasteiger partial charge is 0.126 e. The summed E-state index contributed by atoms with van der Waals surface area (Å²) in [5.41, 5.74) is 1.84. The molecule has 1 aromatic heterocycles. The standard InChI is InChI=1S/C15H16FN3/c16-15-4-2-1-3-14(15)11-7-13(8-11)18-9-12-5-6-17-10-19-12/h1-6,10-11,13,18H,7-9H2. The second kappa shape index (κ2) is 5.45. The Morgan fingerprint density at radius 3 is 2.79 bits per heavy atom. The zero-order valence-electron chi connectivity index (χ0n) is 10.6. The summed E-state index contributed by atoms with van der Waals surface area (Å²) in [6.45, 7) is 0.747. The van der Waals surface area contributed by atoms with Crippen molar-refractivity contribution in [3.63, 3.8) is 0 Å². The fourth-order valence-electron chi connectivity index (χ4n) is 2.52. The largest absolute Gasteiger partial charge is 0.308 e. The first kappa shape index (κ1) is 12.2. The monoisotopic (exact) mass is 257 g/mol. The highest BCUT2D eigenvalue weighted by molar-refractivity contribution is 5.24. The van der Waals surface area contributed by atoms with Crippen molar-refractivity contribution in [1.82, 2.24) is 15.3 Å². The maximum Gasteiger partial charge on any atom is 0.126 e. The summed E-state index contributed by atoms with van der Waals surface area (Å²) in [4.78, 5) is 8.05. The number of aromatic nitrogens is 2. The molecule has 0 aliphatic heterocycles. The zero-order valence-corrected chi connectivity index (χ0v) is 10.6. The zero-order chi connectivity index (χ0) is 13.1. The molecular formula is C15H16FN3. The summed E-state index contributed by atoms with van der Waals surface area (Å²) in [5, 5.41) is 3.44. The lowest BCUT2D eigenvalue weighted by Crippen LogP contribution is -2.40. The molecule has 19 heavy (non-hydrogen) atoms. The van der Waals surface area contributed by atoms with Gasteiger partial charge >= 0.3 is 0 Å². The number of nitrogens with zero attached hydrogens (tertiary/aromatic N) is 2. The van der Waals surface area contributed by atoms with Crippen LogP contribution < -0.4 is 5.32 Å². The molecule has 0 amide bonds. The molecule has 1 aromatic carbocycles. The Morgan fingerprint density at radius 2 is 2.05 bits per heavy atom. The van der Waals surface area contributed by atoms with Gasteiger partial charge in [0, 0.05) is 18.8 Å². The summed E-state index contributed by atoms with van der Waals surface area (Å²) >= 11 is 0. The van der Waals surface area contributed by atoms with Gasteiger partial charge in [0.2, 0.25) is 0 Å². The fraction of sp³-hybridized carbons (Fsp3) is 0.333. The number of hydrogen-bond donors (Lipinski definition) is 1. The lowest BCUT2D eigenvalue weighted by atomic mass is 9.75. The van der Waals surface area contributed by atoms with E-state index < -0.39 is 0 Å². The molecule has 0 saturated heterocycles. The molecule has 1 aliphatic carbocycles. The van der Waals surface area contributed by atoms with E-state index >= 15 is 0 Å². The molecule has 1 N–H and O–H groups in total. The third-order valence-corrected chi connectivity index (χ3v) is 3.70. The van der Waals surface area contributed by atoms with Gasteiger partial charge in [0.1, 0.15) is 12.1 Å². The van der Waals surface area contributed by atoms with E-state index in [1.54, 1.807) is 18.6 Å². The van der Waals surface area contributed by atoms with Crippen LogP contribution in [0.15, 0.2) is 42.9 Å². The van der Waals surface area contributed by atoms with Crippen LogP contribution in [0.2, 0.25) is 0 Å². The minimum atomic E-state index is -0.0817. The molecule has 4 heteroatoms. The first-order chi connectivity index (χ1) is 9.33. The molecule has 0 atom stereocenters. The Morgan fingerprint density at radius 1 is 1.21 bits per heavy atom. The minimum Gasteiger partial charge on any atom is -0.308 e. The van der Waals surface area contributed by atoms with Gasteiger partial charge in [-0.2, -0.15) is 0 Å². The van der Waals surface area contributed by atoms with E-state index in [9.17, 15) is 4.39 Å². The molecule has 1 aliphatic rings. The number of rotatable bonds is 4. The molecule has 0 unspecified atom stereocenters. The first-order valence-electron chi connectivity index (χ1n) is 6.55. The molecule has 0 spiro atoms. The number of hydrogen-bond acceptors (Lipinski definition) is 3. The topological polar surface area (TPSA) is 37.8 Å². The Bertz CT molecular complexity index is 538. The van der Waals surface area contributed by atoms with Gasteiger partial charge in [-0.3, -0.25) is 0 Å². The van der Waals surface area contributed by atoms with E-state index in [-0.39, 0.29) is 5.82 Å². The molecule has 0 bridgehead atoms. The van der Waals surface area contributed by atoms with E-state index in [1.807, 2.05) is 18.2 Å². The number of halogens is 1. The second-order valence-electron chi connectivity index (χ2n) is 4.97. The first-order valence-corrected chi connectivity index (χ1v) is 6.55. The van der Waals surface area contributed by atoms with E-state index in [0.29, 0.717) is 12.0 Å². The van der Waals surface area contributed by atoms with E-state index in [4.69, 9.17) is 0 Å². The molecule has 0 radical (unpaired) electrons. The van der Waals surface area contributed by atoms with Crippen LogP contribution in [0.25, 0.3) is 0 Å². The van der Waals surface area contributed by atoms with Crippen LogP contribution in [0.1, 0.15) is 30.0 Å². The highest BCUT2D eigenvalue weighted by Gasteiger charge is 2.31. The summed E-state index contributed by atoms with van der Waals surface area (Å²) in [6, 6.07) is 9.43. The van der Waals surface area contributed by atoms with Crippen molar-refractivity contribution >= 4 is 0 Å². The average Bonchev–Trinajstić information content (AvgIpc) is 2.40. The number of benzene rings is 1. The van der Waals surface area contributed by atoms with Crippen molar-refractivity contribution in [3.05, 3.63) is 59.9 Å². The lowest BCUT2D eigenvalue weighted by molar-refractivity contribution is 0.283. The van der Waals surface area contributed by atoms with Crippen molar-refractivity contribution in [2.75, 3.05) is 0 Å². The normalized spacial score (nSPS) is 21.9. The van der Waals surface area contributed by atoms with E-state index in [1.165, 1.54) is 6.07 Å². The summed E-state index contributed by atoms with van der Waals surface area (Å²) in [7, 11) is 0. The van der Waals surface area contributed by atoms with Crippen LogP contribution in [0.3, 0.4) is 0 Å². The average molecular weight is 257 g/mol. The molecule has 98 valence electrons. The lowest BCUT2D eigenvalue weighted by Gasteiger charge is -2.36. The predicted molar refractivity (Wildman–Crippen MR) is 71.0 cm³/mol. The van der Waals surface area contributed by atoms with E-state index in [2.05, 4.69) is 15.3 Å². The maximum absolute atomic E-state index is 13.6. The van der Waals surface area contributed by atoms with Gasteiger partial charge < -0.3 is 5.32 Å². The highest BCUT2D eigenvalue weighted by Crippen LogP contribution is 2.37. The minimum absolute atomic E-state index is 0.0817. The third kappa shape index (κ3) is 2.79. The van der Waals surface area contributed by atoms with Crippen LogP contribution in [-0.4, -0.2) is 16.0 Å². The quantitative estimate of drug-likeness (QED) is 0.915. The Hall–Kier alpha value is -1.81. The maximum atomic E-state index is 13.6. The van der Waals surface area contributed by atoms with Crippen LogP contribution in [0, 0.1) is 5.82 Å². The Labute approximate surface area is 111 Å². The molecule has 1 saturated carbocycles. The van der Waals surface area contributed by atoms with Gasteiger partial charge in [-0.05, 0) is 36.5 Å². The summed E-state index contributed by atoms with van der Waals surface area (Å²) in [5.74, 6) is 0.269. The van der Waals surface area contributed by atoms with Gasteiger partial charge in [-0.15, -0.1) is 0 Å². The van der Waals surface area contributed by atoms with Crippen LogP contribution in [-0.2, 0) is 6.54 Å². The molecule has 3 rings (SSSR count). The van der Waals surface area contributed by atoms with Crippen LogP contribution in [0.5, 0.6) is 0 Å². The van der Waals surface area contributed by atoms with Crippen molar-refractivity contribution in [2.45, 2.75) is 31.3 Å². The summed E-state index contributed by atoms with van der Waals surface area (Å²) in [6.07, 6.45) is 5.28. The number of nitrogens with one attached hydrogen (secondary N) is 1. The van der Waals surface area contributed by atoms with Crippen molar-refractivity contribution in [1.29, 1.82) is 0 Å². The Balaban J connectivity index is 1.50. The predicted octanol–water partition coefficient (Wildman–Crippen LogP) is 2.65. The molecule has 1 fully saturated rings. The molecule has 1 heterocycles.